The summed E-state index contributed by atoms with van der Waals surface area (Å²) in [6, 6.07) is 4.94. The van der Waals surface area contributed by atoms with Gasteiger partial charge in [-0.2, -0.15) is 15.2 Å². The molecule has 10 heteroatoms. The fraction of sp³-hybridized carbons (Fsp3) is 0.300. The number of aryl methyl sites for hydroxylation is 1. The maximum absolute atomic E-state index is 14.3. The molecule has 3 N–H and O–H groups in total. The van der Waals surface area contributed by atoms with Crippen LogP contribution in [0.2, 0.25) is 0 Å². The molecule has 156 valence electrons. The van der Waals surface area contributed by atoms with E-state index in [9.17, 15) is 4.39 Å². The SMILES string of the molecule is CN(C)CCCn1cc(Nc2ncc3cnn(Cc4cccc(N)c4F)c3n2)cn1. The Bertz CT molecular complexity index is 1150. The topological polar surface area (TPSA) is 103 Å². The van der Waals surface area contributed by atoms with E-state index in [-0.39, 0.29) is 12.2 Å². The molecule has 1 aromatic carbocycles. The Morgan fingerprint density at radius 3 is 2.87 bits per heavy atom. The van der Waals surface area contributed by atoms with E-state index < -0.39 is 5.82 Å². The number of hydrogen-bond acceptors (Lipinski definition) is 7. The molecule has 30 heavy (non-hydrogen) atoms. The second kappa shape index (κ2) is 8.46. The minimum Gasteiger partial charge on any atom is -0.396 e. The Hall–Kier alpha value is -3.53. The molecule has 0 atom stereocenters. The second-order valence-corrected chi connectivity index (χ2v) is 7.37. The molecule has 0 aliphatic carbocycles. The van der Waals surface area contributed by atoms with Crippen molar-refractivity contribution in [3.8, 4) is 0 Å². The average Bonchev–Trinajstić information content (AvgIpc) is 3.32. The highest BCUT2D eigenvalue weighted by molar-refractivity contribution is 5.75. The third kappa shape index (κ3) is 4.38. The van der Waals surface area contributed by atoms with Crippen LogP contribution in [0.15, 0.2) is 43.0 Å². The van der Waals surface area contributed by atoms with Crippen LogP contribution >= 0.6 is 0 Å². The largest absolute Gasteiger partial charge is 0.396 e. The molecular weight excluding hydrogens is 385 g/mol. The summed E-state index contributed by atoms with van der Waals surface area (Å²) < 4.78 is 17.8. The molecule has 0 bridgehead atoms. The van der Waals surface area contributed by atoms with Crippen molar-refractivity contribution >= 4 is 28.4 Å². The molecule has 0 fully saturated rings. The van der Waals surface area contributed by atoms with Gasteiger partial charge in [0, 0.05) is 24.5 Å². The zero-order chi connectivity index (χ0) is 21.1. The van der Waals surface area contributed by atoms with E-state index >= 15 is 0 Å². The summed E-state index contributed by atoms with van der Waals surface area (Å²) in [7, 11) is 4.10. The summed E-state index contributed by atoms with van der Waals surface area (Å²) in [5.41, 5.74) is 7.64. The molecule has 0 radical (unpaired) electrons. The van der Waals surface area contributed by atoms with Gasteiger partial charge >= 0.3 is 0 Å². The van der Waals surface area contributed by atoms with E-state index in [2.05, 4.69) is 44.5 Å². The number of nitrogens with one attached hydrogen (secondary N) is 1. The first kappa shape index (κ1) is 19.8. The highest BCUT2D eigenvalue weighted by Gasteiger charge is 2.11. The molecule has 9 nitrogen and oxygen atoms in total. The van der Waals surface area contributed by atoms with Crippen LogP contribution in [0.25, 0.3) is 11.0 Å². The second-order valence-electron chi connectivity index (χ2n) is 7.37. The number of anilines is 3. The van der Waals surface area contributed by atoms with Crippen molar-refractivity contribution in [2.24, 2.45) is 0 Å². The van der Waals surface area contributed by atoms with Crippen LogP contribution in [0.4, 0.5) is 21.7 Å². The first-order valence-corrected chi connectivity index (χ1v) is 9.65. The molecule has 0 saturated heterocycles. The summed E-state index contributed by atoms with van der Waals surface area (Å²) in [5.74, 6) is -0.0135. The van der Waals surface area contributed by atoms with Gasteiger partial charge in [0.2, 0.25) is 5.95 Å². The van der Waals surface area contributed by atoms with Gasteiger partial charge in [0.15, 0.2) is 11.5 Å². The maximum atomic E-state index is 14.3. The lowest BCUT2D eigenvalue weighted by atomic mass is 10.2. The maximum Gasteiger partial charge on any atom is 0.229 e. The van der Waals surface area contributed by atoms with Crippen molar-refractivity contribution in [2.75, 3.05) is 31.7 Å². The Morgan fingerprint density at radius 2 is 2.03 bits per heavy atom. The van der Waals surface area contributed by atoms with Crippen LogP contribution in [0.1, 0.15) is 12.0 Å². The molecule has 3 heterocycles. The fourth-order valence-corrected chi connectivity index (χ4v) is 3.15. The van der Waals surface area contributed by atoms with Crippen molar-refractivity contribution < 1.29 is 4.39 Å². The molecule has 4 aromatic rings. The average molecular weight is 409 g/mol. The predicted octanol–water partition coefficient (Wildman–Crippen LogP) is 2.49. The number of rotatable bonds is 8. The number of hydrogen-bond donors (Lipinski definition) is 2. The van der Waals surface area contributed by atoms with Gasteiger partial charge in [0.25, 0.3) is 0 Å². The Kier molecular flexibility index (Phi) is 5.57. The highest BCUT2D eigenvalue weighted by atomic mass is 19.1. The van der Waals surface area contributed by atoms with Gasteiger partial charge in [-0.25, -0.2) is 14.1 Å². The Labute approximate surface area is 173 Å². The minimum atomic E-state index is -0.435. The Morgan fingerprint density at radius 1 is 1.17 bits per heavy atom. The smallest absolute Gasteiger partial charge is 0.229 e. The summed E-state index contributed by atoms with van der Waals surface area (Å²) >= 11 is 0. The number of nitrogen functional groups attached to an aromatic ring is 1. The minimum absolute atomic E-state index is 0.114. The molecule has 0 unspecified atom stereocenters. The van der Waals surface area contributed by atoms with Crippen LogP contribution in [-0.4, -0.2) is 55.1 Å². The standard InChI is InChI=1S/C20H24FN9/c1-28(2)7-4-8-29-13-16(11-24-29)26-20-23-9-15-10-25-30(19(15)27-20)12-14-5-3-6-17(22)18(14)21/h3,5-6,9-11,13H,4,7-8,12,22H2,1-2H3,(H,23,26,27). The summed E-state index contributed by atoms with van der Waals surface area (Å²) in [6.45, 7) is 2.05. The van der Waals surface area contributed by atoms with Crippen LogP contribution in [-0.2, 0) is 13.1 Å². The van der Waals surface area contributed by atoms with E-state index in [1.165, 1.54) is 6.07 Å². The summed E-state index contributed by atoms with van der Waals surface area (Å²) in [5, 5.41) is 12.6. The van der Waals surface area contributed by atoms with Gasteiger partial charge in [-0.3, -0.25) is 4.68 Å². The van der Waals surface area contributed by atoms with Crippen LogP contribution in [0.3, 0.4) is 0 Å². The van der Waals surface area contributed by atoms with E-state index in [1.807, 2.05) is 10.9 Å². The summed E-state index contributed by atoms with van der Waals surface area (Å²) in [6.07, 6.45) is 8.01. The number of nitrogens with two attached hydrogens (primary N) is 1. The number of nitrogens with zero attached hydrogens (tertiary/aromatic N) is 7. The fourth-order valence-electron chi connectivity index (χ4n) is 3.15. The van der Waals surface area contributed by atoms with Gasteiger partial charge in [-0.15, -0.1) is 0 Å². The number of halogens is 1. The zero-order valence-corrected chi connectivity index (χ0v) is 17.0. The lowest BCUT2D eigenvalue weighted by Gasteiger charge is -2.08. The number of benzene rings is 1. The number of fused-ring (bicyclic) bond motifs is 1. The van der Waals surface area contributed by atoms with Crippen LogP contribution in [0, 0.1) is 5.82 Å². The molecule has 0 aliphatic rings. The molecular formula is C20H24FN9. The molecule has 0 amide bonds. The highest BCUT2D eigenvalue weighted by Crippen LogP contribution is 2.20. The van der Waals surface area contributed by atoms with E-state index in [0.717, 1.165) is 30.6 Å². The van der Waals surface area contributed by atoms with Gasteiger partial charge in [0.1, 0.15) is 0 Å². The van der Waals surface area contributed by atoms with Crippen LogP contribution in [0.5, 0.6) is 0 Å². The molecule has 0 spiro atoms. The lowest BCUT2D eigenvalue weighted by Crippen LogP contribution is -2.15. The third-order valence-electron chi connectivity index (χ3n) is 4.69. The lowest BCUT2D eigenvalue weighted by molar-refractivity contribution is 0.380. The van der Waals surface area contributed by atoms with Crippen LogP contribution < -0.4 is 11.1 Å². The third-order valence-corrected chi connectivity index (χ3v) is 4.69. The van der Waals surface area contributed by atoms with Gasteiger partial charge in [-0.1, -0.05) is 12.1 Å². The van der Waals surface area contributed by atoms with E-state index in [4.69, 9.17) is 5.73 Å². The van der Waals surface area contributed by atoms with E-state index in [0.29, 0.717) is 17.2 Å². The normalized spacial score (nSPS) is 11.5. The predicted molar refractivity (Wildman–Crippen MR) is 114 cm³/mol. The monoisotopic (exact) mass is 409 g/mol. The zero-order valence-electron chi connectivity index (χ0n) is 17.0. The molecule has 3 aromatic heterocycles. The van der Waals surface area contributed by atoms with Gasteiger partial charge in [-0.05, 0) is 33.1 Å². The van der Waals surface area contributed by atoms with E-state index in [1.54, 1.807) is 35.4 Å². The van der Waals surface area contributed by atoms with Crippen molar-refractivity contribution in [3.63, 3.8) is 0 Å². The molecule has 0 saturated carbocycles. The number of aromatic nitrogens is 6. The molecule has 4 rings (SSSR count). The van der Waals surface area contributed by atoms with Gasteiger partial charge in [0.05, 0.1) is 35.7 Å². The van der Waals surface area contributed by atoms with Gasteiger partial charge < -0.3 is 16.0 Å². The quantitative estimate of drug-likeness (QED) is 0.431. The van der Waals surface area contributed by atoms with Crippen molar-refractivity contribution in [1.29, 1.82) is 0 Å². The first-order valence-electron chi connectivity index (χ1n) is 9.65. The molecule has 0 aliphatic heterocycles. The summed E-state index contributed by atoms with van der Waals surface area (Å²) in [4.78, 5) is 11.0. The Balaban J connectivity index is 1.50. The van der Waals surface area contributed by atoms with Crippen molar-refractivity contribution in [2.45, 2.75) is 19.5 Å². The van der Waals surface area contributed by atoms with Crippen molar-refractivity contribution in [3.05, 3.63) is 54.4 Å². The first-order chi connectivity index (χ1) is 14.5. The van der Waals surface area contributed by atoms with Crippen molar-refractivity contribution in [1.82, 2.24) is 34.4 Å².